The van der Waals surface area contributed by atoms with Crippen LogP contribution in [0, 0.1) is 18.8 Å². The van der Waals surface area contributed by atoms with Gasteiger partial charge in [-0.3, -0.25) is 0 Å². The smallest absolute Gasteiger partial charge is 0.225 e. The SMILES string of the molecule is Cc1cnc(N2CCC([C@H](C)CCO)CC2)nc1. The average molecular weight is 249 g/mol. The van der Waals surface area contributed by atoms with Gasteiger partial charge in [-0.25, -0.2) is 9.97 Å². The molecule has 0 radical (unpaired) electrons. The molecule has 4 nitrogen and oxygen atoms in total. The van der Waals surface area contributed by atoms with Crippen molar-refractivity contribution in [1.29, 1.82) is 0 Å². The van der Waals surface area contributed by atoms with Gasteiger partial charge in [-0.1, -0.05) is 6.92 Å². The number of aromatic nitrogens is 2. The number of hydrogen-bond acceptors (Lipinski definition) is 4. The van der Waals surface area contributed by atoms with Crippen LogP contribution in [0.5, 0.6) is 0 Å². The van der Waals surface area contributed by atoms with Crippen molar-refractivity contribution >= 4 is 5.95 Å². The van der Waals surface area contributed by atoms with E-state index in [0.29, 0.717) is 12.5 Å². The highest BCUT2D eigenvalue weighted by Gasteiger charge is 2.24. The van der Waals surface area contributed by atoms with Crippen LogP contribution in [0.1, 0.15) is 31.7 Å². The fraction of sp³-hybridized carbons (Fsp3) is 0.714. The molecule has 1 aliphatic rings. The Balaban J connectivity index is 1.88. The summed E-state index contributed by atoms with van der Waals surface area (Å²) in [7, 11) is 0. The zero-order chi connectivity index (χ0) is 13.0. The zero-order valence-electron chi connectivity index (χ0n) is 11.3. The number of nitrogens with zero attached hydrogens (tertiary/aromatic N) is 3. The molecule has 0 amide bonds. The quantitative estimate of drug-likeness (QED) is 0.887. The van der Waals surface area contributed by atoms with E-state index in [0.717, 1.165) is 36.9 Å². The number of aliphatic hydroxyl groups excluding tert-OH is 1. The highest BCUT2D eigenvalue weighted by molar-refractivity contribution is 5.30. The van der Waals surface area contributed by atoms with E-state index in [2.05, 4.69) is 21.8 Å². The van der Waals surface area contributed by atoms with E-state index in [1.165, 1.54) is 12.8 Å². The fourth-order valence-electron chi connectivity index (χ4n) is 2.66. The Hall–Kier alpha value is -1.16. The van der Waals surface area contributed by atoms with Gasteiger partial charge in [-0.2, -0.15) is 0 Å². The molecule has 1 aromatic rings. The second-order valence-corrected chi connectivity index (χ2v) is 5.37. The van der Waals surface area contributed by atoms with Crippen LogP contribution in [0.3, 0.4) is 0 Å². The van der Waals surface area contributed by atoms with Crippen molar-refractivity contribution in [3.63, 3.8) is 0 Å². The lowest BCUT2D eigenvalue weighted by Crippen LogP contribution is -2.36. The molecule has 2 rings (SSSR count). The second-order valence-electron chi connectivity index (χ2n) is 5.37. The van der Waals surface area contributed by atoms with Gasteiger partial charge in [0.2, 0.25) is 5.95 Å². The van der Waals surface area contributed by atoms with Crippen LogP contribution in [0.4, 0.5) is 5.95 Å². The van der Waals surface area contributed by atoms with E-state index in [1.54, 1.807) is 0 Å². The Morgan fingerprint density at radius 3 is 2.50 bits per heavy atom. The summed E-state index contributed by atoms with van der Waals surface area (Å²) in [6.45, 7) is 6.63. The van der Waals surface area contributed by atoms with E-state index in [1.807, 2.05) is 19.3 Å². The topological polar surface area (TPSA) is 49.2 Å². The van der Waals surface area contributed by atoms with E-state index in [9.17, 15) is 0 Å². The van der Waals surface area contributed by atoms with Crippen LogP contribution in [0.2, 0.25) is 0 Å². The maximum Gasteiger partial charge on any atom is 0.225 e. The summed E-state index contributed by atoms with van der Waals surface area (Å²) in [6, 6.07) is 0. The minimum Gasteiger partial charge on any atom is -0.396 e. The normalized spacial score (nSPS) is 18.9. The molecule has 0 saturated carbocycles. The molecule has 1 fully saturated rings. The van der Waals surface area contributed by atoms with Crippen molar-refractivity contribution in [2.45, 2.75) is 33.1 Å². The standard InChI is InChI=1S/C14H23N3O/c1-11-9-15-14(16-10-11)17-6-3-13(4-7-17)12(2)5-8-18/h9-10,12-13,18H,3-8H2,1-2H3/t12-/m1/s1. The van der Waals surface area contributed by atoms with Crippen molar-refractivity contribution in [2.75, 3.05) is 24.6 Å². The predicted octanol–water partition coefficient (Wildman–Crippen LogP) is 2.02. The molecule has 2 heterocycles. The number of rotatable bonds is 4. The summed E-state index contributed by atoms with van der Waals surface area (Å²) in [5.41, 5.74) is 1.10. The number of piperidine rings is 1. The first kappa shape index (κ1) is 13.3. The molecule has 100 valence electrons. The zero-order valence-corrected chi connectivity index (χ0v) is 11.3. The molecule has 0 spiro atoms. The van der Waals surface area contributed by atoms with Gasteiger partial charge < -0.3 is 10.0 Å². The third-order valence-electron chi connectivity index (χ3n) is 3.98. The summed E-state index contributed by atoms with van der Waals surface area (Å²) in [6.07, 6.45) is 7.04. The fourth-order valence-corrected chi connectivity index (χ4v) is 2.66. The van der Waals surface area contributed by atoms with E-state index in [4.69, 9.17) is 5.11 Å². The molecule has 0 aromatic carbocycles. The lowest BCUT2D eigenvalue weighted by molar-refractivity contribution is 0.210. The Morgan fingerprint density at radius 1 is 1.33 bits per heavy atom. The third kappa shape index (κ3) is 3.19. The van der Waals surface area contributed by atoms with Crippen LogP contribution in [-0.2, 0) is 0 Å². The largest absolute Gasteiger partial charge is 0.396 e. The van der Waals surface area contributed by atoms with Crippen LogP contribution in [-0.4, -0.2) is 34.8 Å². The van der Waals surface area contributed by atoms with Crippen LogP contribution in [0.25, 0.3) is 0 Å². The minimum atomic E-state index is 0.308. The maximum atomic E-state index is 8.99. The summed E-state index contributed by atoms with van der Waals surface area (Å²) in [4.78, 5) is 11.0. The van der Waals surface area contributed by atoms with Crippen LogP contribution < -0.4 is 4.90 Å². The predicted molar refractivity (Wildman–Crippen MR) is 72.6 cm³/mol. The van der Waals surface area contributed by atoms with Crippen molar-refractivity contribution in [3.05, 3.63) is 18.0 Å². The Labute approximate surface area is 109 Å². The van der Waals surface area contributed by atoms with E-state index >= 15 is 0 Å². The van der Waals surface area contributed by atoms with Gasteiger partial charge in [0, 0.05) is 32.1 Å². The Morgan fingerprint density at radius 2 is 1.94 bits per heavy atom. The van der Waals surface area contributed by atoms with Gasteiger partial charge in [-0.15, -0.1) is 0 Å². The molecule has 1 saturated heterocycles. The molecule has 0 bridgehead atoms. The van der Waals surface area contributed by atoms with Gasteiger partial charge in [0.05, 0.1) is 0 Å². The molecule has 4 heteroatoms. The molecular weight excluding hydrogens is 226 g/mol. The summed E-state index contributed by atoms with van der Waals surface area (Å²) in [5, 5.41) is 8.99. The molecular formula is C14H23N3O. The van der Waals surface area contributed by atoms with Crippen molar-refractivity contribution in [2.24, 2.45) is 11.8 Å². The lowest BCUT2D eigenvalue weighted by atomic mass is 9.84. The lowest BCUT2D eigenvalue weighted by Gasteiger charge is -2.34. The second kappa shape index (κ2) is 6.14. The maximum absolute atomic E-state index is 8.99. The van der Waals surface area contributed by atoms with Crippen molar-refractivity contribution < 1.29 is 5.11 Å². The third-order valence-corrected chi connectivity index (χ3v) is 3.98. The first-order chi connectivity index (χ1) is 8.70. The first-order valence-corrected chi connectivity index (χ1v) is 6.85. The van der Waals surface area contributed by atoms with Crippen LogP contribution in [0.15, 0.2) is 12.4 Å². The van der Waals surface area contributed by atoms with Gasteiger partial charge in [0.15, 0.2) is 0 Å². The molecule has 1 atom stereocenters. The van der Waals surface area contributed by atoms with Gasteiger partial charge in [0.25, 0.3) is 0 Å². The first-order valence-electron chi connectivity index (χ1n) is 6.85. The van der Waals surface area contributed by atoms with E-state index < -0.39 is 0 Å². The average Bonchev–Trinajstić information content (AvgIpc) is 2.40. The van der Waals surface area contributed by atoms with E-state index in [-0.39, 0.29) is 0 Å². The highest BCUT2D eigenvalue weighted by atomic mass is 16.3. The summed E-state index contributed by atoms with van der Waals surface area (Å²) >= 11 is 0. The molecule has 1 aromatic heterocycles. The molecule has 1 N–H and O–H groups in total. The van der Waals surface area contributed by atoms with Crippen molar-refractivity contribution in [3.8, 4) is 0 Å². The number of anilines is 1. The highest BCUT2D eigenvalue weighted by Crippen LogP contribution is 2.28. The van der Waals surface area contributed by atoms with Crippen molar-refractivity contribution in [1.82, 2.24) is 9.97 Å². The minimum absolute atomic E-state index is 0.308. The number of aliphatic hydroxyl groups is 1. The molecule has 0 aliphatic carbocycles. The van der Waals surface area contributed by atoms with Gasteiger partial charge in [0.1, 0.15) is 0 Å². The summed E-state index contributed by atoms with van der Waals surface area (Å²) < 4.78 is 0. The summed E-state index contributed by atoms with van der Waals surface area (Å²) in [5.74, 6) is 2.21. The molecule has 1 aliphatic heterocycles. The number of hydrogen-bond donors (Lipinski definition) is 1. The molecule has 18 heavy (non-hydrogen) atoms. The molecule has 0 unspecified atom stereocenters. The van der Waals surface area contributed by atoms with Crippen LogP contribution >= 0.6 is 0 Å². The monoisotopic (exact) mass is 249 g/mol. The van der Waals surface area contributed by atoms with Gasteiger partial charge >= 0.3 is 0 Å². The Kier molecular flexibility index (Phi) is 4.53. The number of aryl methyl sites for hydroxylation is 1. The van der Waals surface area contributed by atoms with Gasteiger partial charge in [-0.05, 0) is 43.6 Å². The Bertz CT molecular complexity index is 358.